The molecule has 2 unspecified atom stereocenters. The number of hydrogen-bond acceptors (Lipinski definition) is 1. The summed E-state index contributed by atoms with van der Waals surface area (Å²) in [5.41, 5.74) is 0.116. The molecule has 0 amide bonds. The van der Waals surface area contributed by atoms with E-state index in [0.717, 1.165) is 24.8 Å². The number of hydrogen-bond donors (Lipinski definition) is 1. The predicted molar refractivity (Wildman–Crippen MR) is 67.1 cm³/mol. The van der Waals surface area contributed by atoms with Gasteiger partial charge in [-0.15, -0.1) is 0 Å². The molecule has 2 rings (SSSR count). The molecule has 0 radical (unpaired) electrons. The van der Waals surface area contributed by atoms with Crippen LogP contribution in [0.25, 0.3) is 0 Å². The van der Waals surface area contributed by atoms with E-state index in [9.17, 15) is 9.50 Å². The van der Waals surface area contributed by atoms with Crippen LogP contribution >= 0.6 is 0 Å². The molecule has 1 aliphatic rings. The van der Waals surface area contributed by atoms with Gasteiger partial charge in [0.15, 0.2) is 0 Å². The lowest BCUT2D eigenvalue weighted by atomic mass is 9.71. The minimum absolute atomic E-state index is 0.242. The molecular formula is C15H21FO. The Balaban J connectivity index is 2.20. The van der Waals surface area contributed by atoms with Crippen molar-refractivity contribution in [3.8, 4) is 0 Å². The fourth-order valence-corrected chi connectivity index (χ4v) is 2.89. The van der Waals surface area contributed by atoms with Crippen LogP contribution in [0.2, 0.25) is 0 Å². The maximum Gasteiger partial charge on any atom is 0.123 e. The van der Waals surface area contributed by atoms with Gasteiger partial charge >= 0.3 is 0 Å². The molecule has 0 spiro atoms. The lowest BCUT2D eigenvalue weighted by molar-refractivity contribution is -0.0295. The van der Waals surface area contributed by atoms with Gasteiger partial charge in [0.1, 0.15) is 5.82 Å². The van der Waals surface area contributed by atoms with Crippen molar-refractivity contribution in [1.82, 2.24) is 0 Å². The summed E-state index contributed by atoms with van der Waals surface area (Å²) >= 11 is 0. The van der Waals surface area contributed by atoms with E-state index < -0.39 is 5.60 Å². The van der Waals surface area contributed by atoms with Crippen molar-refractivity contribution >= 4 is 0 Å². The number of halogens is 1. The Bertz CT molecular complexity index is 371. The van der Waals surface area contributed by atoms with Crippen molar-refractivity contribution in [3.63, 3.8) is 0 Å². The van der Waals surface area contributed by atoms with E-state index in [2.05, 4.69) is 13.8 Å². The highest BCUT2D eigenvalue weighted by Gasteiger charge is 2.36. The van der Waals surface area contributed by atoms with Crippen LogP contribution in [0.1, 0.15) is 45.1 Å². The van der Waals surface area contributed by atoms with E-state index in [4.69, 9.17) is 0 Å². The van der Waals surface area contributed by atoms with Gasteiger partial charge in [-0.1, -0.05) is 26.0 Å². The fourth-order valence-electron chi connectivity index (χ4n) is 2.89. The fraction of sp³-hybridized carbons (Fsp3) is 0.600. The van der Waals surface area contributed by atoms with Gasteiger partial charge < -0.3 is 5.11 Å². The highest BCUT2D eigenvalue weighted by atomic mass is 19.1. The highest BCUT2D eigenvalue weighted by molar-refractivity contribution is 5.23. The van der Waals surface area contributed by atoms with Gasteiger partial charge in [0, 0.05) is 0 Å². The Morgan fingerprint density at radius 3 is 2.53 bits per heavy atom. The average molecular weight is 236 g/mol. The van der Waals surface area contributed by atoms with E-state index in [-0.39, 0.29) is 5.82 Å². The third-order valence-electron chi connectivity index (χ3n) is 4.09. The third kappa shape index (κ3) is 2.68. The van der Waals surface area contributed by atoms with Crippen molar-refractivity contribution < 1.29 is 9.50 Å². The molecule has 2 heteroatoms. The van der Waals surface area contributed by atoms with Crippen LogP contribution in [0.5, 0.6) is 0 Å². The van der Waals surface area contributed by atoms with Gasteiger partial charge in [0.2, 0.25) is 0 Å². The Morgan fingerprint density at radius 2 is 1.94 bits per heavy atom. The summed E-state index contributed by atoms with van der Waals surface area (Å²) in [6.07, 6.45) is 3.84. The normalized spacial score (nSPS) is 29.6. The molecule has 0 heterocycles. The number of benzene rings is 1. The third-order valence-corrected chi connectivity index (χ3v) is 4.09. The van der Waals surface area contributed by atoms with E-state index in [1.165, 1.54) is 18.6 Å². The second kappa shape index (κ2) is 4.77. The van der Waals surface area contributed by atoms with Crippen LogP contribution in [-0.2, 0) is 5.60 Å². The van der Waals surface area contributed by atoms with Crippen molar-refractivity contribution in [1.29, 1.82) is 0 Å². The largest absolute Gasteiger partial charge is 0.385 e. The standard InChI is InChI=1S/C15H21FO/c1-11(2)12-4-3-9-15(17,10-12)13-5-7-14(16)8-6-13/h5-8,11-12,17H,3-4,9-10H2,1-2H3. The quantitative estimate of drug-likeness (QED) is 0.826. The minimum atomic E-state index is -0.749. The zero-order chi connectivity index (χ0) is 12.5. The molecule has 1 N–H and O–H groups in total. The van der Waals surface area contributed by atoms with Gasteiger partial charge in [0.05, 0.1) is 5.60 Å². The first-order valence-electron chi connectivity index (χ1n) is 6.50. The molecule has 17 heavy (non-hydrogen) atoms. The average Bonchev–Trinajstić information content (AvgIpc) is 2.29. The number of aliphatic hydroxyl groups is 1. The Kier molecular flexibility index (Phi) is 3.53. The molecule has 1 nitrogen and oxygen atoms in total. The molecule has 0 aromatic heterocycles. The summed E-state index contributed by atoms with van der Waals surface area (Å²) in [5.74, 6) is 0.926. The van der Waals surface area contributed by atoms with Crippen molar-refractivity contribution in [2.45, 2.75) is 45.1 Å². The summed E-state index contributed by atoms with van der Waals surface area (Å²) in [5, 5.41) is 10.7. The molecule has 1 aromatic carbocycles. The Hall–Kier alpha value is -0.890. The van der Waals surface area contributed by atoms with Crippen LogP contribution in [0.4, 0.5) is 4.39 Å². The van der Waals surface area contributed by atoms with E-state index in [1.54, 1.807) is 12.1 Å². The van der Waals surface area contributed by atoms with Crippen molar-refractivity contribution in [2.24, 2.45) is 11.8 Å². The maximum atomic E-state index is 12.9. The van der Waals surface area contributed by atoms with Crippen LogP contribution in [0.15, 0.2) is 24.3 Å². The summed E-state index contributed by atoms with van der Waals surface area (Å²) in [4.78, 5) is 0. The first-order valence-corrected chi connectivity index (χ1v) is 6.50. The van der Waals surface area contributed by atoms with Gasteiger partial charge in [-0.2, -0.15) is 0 Å². The second-order valence-electron chi connectivity index (χ2n) is 5.64. The van der Waals surface area contributed by atoms with E-state index in [1.807, 2.05) is 0 Å². The molecule has 1 aromatic rings. The maximum absolute atomic E-state index is 12.9. The SMILES string of the molecule is CC(C)C1CCCC(O)(c2ccc(F)cc2)C1. The van der Waals surface area contributed by atoms with Crippen molar-refractivity contribution in [2.75, 3.05) is 0 Å². The van der Waals surface area contributed by atoms with Crippen LogP contribution in [0, 0.1) is 17.7 Å². The molecule has 0 bridgehead atoms. The lowest BCUT2D eigenvalue weighted by Crippen LogP contribution is -2.34. The van der Waals surface area contributed by atoms with Gasteiger partial charge in [-0.3, -0.25) is 0 Å². The highest BCUT2D eigenvalue weighted by Crippen LogP contribution is 2.42. The zero-order valence-corrected chi connectivity index (χ0v) is 10.6. The molecular weight excluding hydrogens is 215 g/mol. The topological polar surface area (TPSA) is 20.2 Å². The molecule has 0 saturated heterocycles. The first kappa shape index (κ1) is 12.6. The van der Waals surface area contributed by atoms with Crippen LogP contribution in [0.3, 0.4) is 0 Å². The lowest BCUT2D eigenvalue weighted by Gasteiger charge is -2.39. The van der Waals surface area contributed by atoms with E-state index in [0.29, 0.717) is 11.8 Å². The summed E-state index contributed by atoms with van der Waals surface area (Å²) in [6.45, 7) is 4.42. The van der Waals surface area contributed by atoms with Crippen LogP contribution < -0.4 is 0 Å². The molecule has 94 valence electrons. The van der Waals surface area contributed by atoms with E-state index >= 15 is 0 Å². The van der Waals surface area contributed by atoms with Gasteiger partial charge in [0.25, 0.3) is 0 Å². The minimum Gasteiger partial charge on any atom is -0.385 e. The molecule has 2 atom stereocenters. The van der Waals surface area contributed by atoms with Gasteiger partial charge in [-0.05, 0) is 55.2 Å². The summed E-state index contributed by atoms with van der Waals surface area (Å²) in [7, 11) is 0. The predicted octanol–water partition coefficient (Wildman–Crippen LogP) is 3.86. The summed E-state index contributed by atoms with van der Waals surface area (Å²) < 4.78 is 12.9. The Morgan fingerprint density at radius 1 is 1.29 bits per heavy atom. The van der Waals surface area contributed by atoms with Crippen LogP contribution in [-0.4, -0.2) is 5.11 Å². The molecule has 1 aliphatic carbocycles. The molecule has 1 fully saturated rings. The number of rotatable bonds is 2. The second-order valence-corrected chi connectivity index (χ2v) is 5.64. The Labute approximate surface area is 103 Å². The first-order chi connectivity index (χ1) is 8.01. The zero-order valence-electron chi connectivity index (χ0n) is 10.6. The van der Waals surface area contributed by atoms with Gasteiger partial charge in [-0.25, -0.2) is 4.39 Å². The molecule has 1 saturated carbocycles. The monoisotopic (exact) mass is 236 g/mol. The summed E-state index contributed by atoms with van der Waals surface area (Å²) in [6, 6.07) is 6.31. The molecule has 0 aliphatic heterocycles. The van der Waals surface area contributed by atoms with Crippen molar-refractivity contribution in [3.05, 3.63) is 35.6 Å². The smallest absolute Gasteiger partial charge is 0.123 e.